The van der Waals surface area contributed by atoms with Crippen molar-refractivity contribution in [1.29, 1.82) is 0 Å². The van der Waals surface area contributed by atoms with E-state index in [1.165, 1.54) is 25.0 Å². The topological polar surface area (TPSA) is 89.3 Å². The Morgan fingerprint density at radius 1 is 1.25 bits per heavy atom. The Labute approximate surface area is 187 Å². The summed E-state index contributed by atoms with van der Waals surface area (Å²) in [6.07, 6.45) is 6.25. The van der Waals surface area contributed by atoms with Crippen molar-refractivity contribution in [2.45, 2.75) is 69.9 Å². The standard InChI is InChI=1S/C24H29N5O3/c1-23(2,3)32-22(31)28-7-6-17-21-16(8-20(30)26-13-18(21)28)27-29(17)15-4-5-19(25-12-15)24-9-14(10-24)11-24/h4-5,12,14,18H,6-11,13H2,1-3H3,(H,26,30). The Bertz CT molecular complexity index is 1100. The van der Waals surface area contributed by atoms with Gasteiger partial charge in [-0.2, -0.15) is 5.10 Å². The Morgan fingerprint density at radius 3 is 2.66 bits per heavy atom. The summed E-state index contributed by atoms with van der Waals surface area (Å²) in [6.45, 7) is 6.47. The van der Waals surface area contributed by atoms with Crippen molar-refractivity contribution < 1.29 is 14.3 Å². The van der Waals surface area contributed by atoms with Crippen molar-refractivity contribution in [3.63, 3.8) is 0 Å². The first-order chi connectivity index (χ1) is 15.2. The van der Waals surface area contributed by atoms with Crippen molar-refractivity contribution in [2.75, 3.05) is 13.1 Å². The molecule has 0 radical (unpaired) electrons. The highest BCUT2D eigenvalue weighted by Crippen LogP contribution is 2.64. The van der Waals surface area contributed by atoms with E-state index in [2.05, 4.69) is 17.4 Å². The lowest BCUT2D eigenvalue weighted by molar-refractivity contribution is -0.120. The number of aromatic nitrogens is 3. The van der Waals surface area contributed by atoms with Gasteiger partial charge in [0, 0.05) is 36.2 Å². The molecule has 8 heteroatoms. The van der Waals surface area contributed by atoms with E-state index < -0.39 is 5.60 Å². The van der Waals surface area contributed by atoms with E-state index in [9.17, 15) is 9.59 Å². The second kappa shape index (κ2) is 6.56. The highest BCUT2D eigenvalue weighted by molar-refractivity contribution is 5.80. The maximum absolute atomic E-state index is 12.9. The number of pyridine rings is 1. The molecule has 0 aromatic carbocycles. The Hall–Kier alpha value is -2.90. The predicted molar refractivity (Wildman–Crippen MR) is 116 cm³/mol. The summed E-state index contributed by atoms with van der Waals surface area (Å²) in [4.78, 5) is 31.8. The summed E-state index contributed by atoms with van der Waals surface area (Å²) in [5, 5.41) is 7.77. The summed E-state index contributed by atoms with van der Waals surface area (Å²) < 4.78 is 7.58. The molecule has 32 heavy (non-hydrogen) atoms. The molecular formula is C24H29N5O3. The summed E-state index contributed by atoms with van der Waals surface area (Å²) in [6, 6.07) is 3.96. The van der Waals surface area contributed by atoms with E-state index in [4.69, 9.17) is 14.8 Å². The molecule has 4 heterocycles. The van der Waals surface area contributed by atoms with Crippen LogP contribution in [-0.2, 0) is 27.8 Å². The summed E-state index contributed by atoms with van der Waals surface area (Å²) in [5.74, 6) is 0.840. The molecule has 3 aliphatic carbocycles. The molecule has 1 atom stereocenters. The Balaban J connectivity index is 1.35. The Kier molecular flexibility index (Phi) is 4.05. The van der Waals surface area contributed by atoms with Crippen LogP contribution in [0.4, 0.5) is 4.79 Å². The first-order valence-electron chi connectivity index (χ1n) is 11.6. The molecule has 3 saturated carbocycles. The van der Waals surface area contributed by atoms with Gasteiger partial charge in [-0.15, -0.1) is 0 Å². The molecule has 5 aliphatic rings. The lowest BCUT2D eigenvalue weighted by Gasteiger charge is -2.61. The van der Waals surface area contributed by atoms with Gasteiger partial charge in [0.2, 0.25) is 5.91 Å². The van der Waals surface area contributed by atoms with Crippen molar-refractivity contribution >= 4 is 12.0 Å². The van der Waals surface area contributed by atoms with Gasteiger partial charge in [-0.05, 0) is 58.1 Å². The summed E-state index contributed by atoms with van der Waals surface area (Å²) in [5.41, 5.74) is 4.62. The minimum atomic E-state index is -0.577. The quantitative estimate of drug-likeness (QED) is 0.784. The molecule has 2 aromatic rings. The van der Waals surface area contributed by atoms with Crippen LogP contribution in [0.5, 0.6) is 0 Å². The lowest BCUT2D eigenvalue weighted by atomic mass is 9.43. The maximum atomic E-state index is 12.9. The van der Waals surface area contributed by atoms with Gasteiger partial charge >= 0.3 is 6.09 Å². The number of rotatable bonds is 2. The fourth-order valence-electron chi connectivity index (χ4n) is 5.82. The molecule has 8 nitrogen and oxygen atoms in total. The zero-order chi connectivity index (χ0) is 22.3. The van der Waals surface area contributed by atoms with Gasteiger partial charge in [0.25, 0.3) is 0 Å². The molecule has 0 spiro atoms. The fourth-order valence-corrected chi connectivity index (χ4v) is 5.82. The molecule has 2 bridgehead atoms. The van der Waals surface area contributed by atoms with Crippen LogP contribution in [0, 0.1) is 5.92 Å². The molecule has 2 aliphatic heterocycles. The van der Waals surface area contributed by atoms with Crippen molar-refractivity contribution in [3.8, 4) is 5.69 Å². The SMILES string of the molecule is CC(C)(C)OC(=O)N1CCc2c3c(nn2-c2ccc(C45CC(C4)C5)nc2)CC(=O)NCC31. The van der Waals surface area contributed by atoms with E-state index in [0.717, 1.165) is 28.6 Å². The number of amides is 2. The average Bonchev–Trinajstić information content (AvgIpc) is 2.92. The third-order valence-corrected chi connectivity index (χ3v) is 7.42. The van der Waals surface area contributed by atoms with E-state index in [0.29, 0.717) is 24.9 Å². The number of nitrogens with zero attached hydrogens (tertiary/aromatic N) is 4. The van der Waals surface area contributed by atoms with Gasteiger partial charge in [0.15, 0.2) is 0 Å². The maximum Gasteiger partial charge on any atom is 0.410 e. The van der Waals surface area contributed by atoms with E-state index in [1.54, 1.807) is 4.90 Å². The predicted octanol–water partition coefficient (Wildman–Crippen LogP) is 2.83. The fraction of sp³-hybridized carbons (Fsp3) is 0.583. The second-order valence-corrected chi connectivity index (χ2v) is 10.8. The largest absolute Gasteiger partial charge is 0.444 e. The number of ether oxygens (including phenoxy) is 1. The van der Waals surface area contributed by atoms with E-state index in [1.807, 2.05) is 31.6 Å². The second-order valence-electron chi connectivity index (χ2n) is 10.8. The van der Waals surface area contributed by atoms with E-state index >= 15 is 0 Å². The lowest BCUT2D eigenvalue weighted by Crippen LogP contribution is -2.55. The van der Waals surface area contributed by atoms with Gasteiger partial charge in [-0.1, -0.05) is 0 Å². The molecule has 7 rings (SSSR count). The van der Waals surface area contributed by atoms with Crippen LogP contribution < -0.4 is 5.32 Å². The van der Waals surface area contributed by atoms with Crippen molar-refractivity contribution in [1.82, 2.24) is 25.0 Å². The Morgan fingerprint density at radius 2 is 2.03 bits per heavy atom. The van der Waals surface area contributed by atoms with Crippen LogP contribution in [0.2, 0.25) is 0 Å². The van der Waals surface area contributed by atoms with Gasteiger partial charge in [-0.3, -0.25) is 14.7 Å². The van der Waals surface area contributed by atoms with Crippen LogP contribution >= 0.6 is 0 Å². The van der Waals surface area contributed by atoms with Crippen LogP contribution in [0.1, 0.15) is 68.7 Å². The van der Waals surface area contributed by atoms with Crippen LogP contribution in [0.3, 0.4) is 0 Å². The summed E-state index contributed by atoms with van der Waals surface area (Å²) in [7, 11) is 0. The number of carbonyl (C=O) groups excluding carboxylic acids is 2. The third-order valence-electron chi connectivity index (χ3n) is 7.42. The molecule has 0 saturated heterocycles. The molecule has 1 N–H and O–H groups in total. The molecular weight excluding hydrogens is 406 g/mol. The van der Waals surface area contributed by atoms with Gasteiger partial charge < -0.3 is 10.1 Å². The molecule has 1 unspecified atom stereocenters. The molecule has 2 amide bonds. The van der Waals surface area contributed by atoms with Gasteiger partial charge in [-0.25, -0.2) is 9.48 Å². The van der Waals surface area contributed by atoms with Crippen molar-refractivity contribution in [2.24, 2.45) is 5.92 Å². The minimum absolute atomic E-state index is 0.0758. The zero-order valence-electron chi connectivity index (χ0n) is 18.9. The van der Waals surface area contributed by atoms with Crippen LogP contribution in [0.15, 0.2) is 18.3 Å². The highest BCUT2D eigenvalue weighted by atomic mass is 16.6. The van der Waals surface area contributed by atoms with E-state index in [-0.39, 0.29) is 24.5 Å². The first-order valence-corrected chi connectivity index (χ1v) is 11.6. The zero-order valence-corrected chi connectivity index (χ0v) is 18.9. The number of hydrogen-bond acceptors (Lipinski definition) is 5. The smallest absolute Gasteiger partial charge is 0.410 e. The monoisotopic (exact) mass is 435 g/mol. The molecule has 168 valence electrons. The van der Waals surface area contributed by atoms with Crippen LogP contribution in [-0.4, -0.2) is 50.4 Å². The third kappa shape index (κ3) is 2.95. The number of carbonyl (C=O) groups is 2. The molecule has 2 aromatic heterocycles. The number of hydrogen-bond donors (Lipinski definition) is 1. The average molecular weight is 436 g/mol. The normalized spacial score (nSPS) is 28.1. The number of nitrogens with one attached hydrogen (secondary N) is 1. The highest BCUT2D eigenvalue weighted by Gasteiger charge is 2.58. The molecule has 3 fully saturated rings. The minimum Gasteiger partial charge on any atom is -0.444 e. The van der Waals surface area contributed by atoms with Gasteiger partial charge in [0.05, 0.1) is 35.7 Å². The van der Waals surface area contributed by atoms with Crippen molar-refractivity contribution in [3.05, 3.63) is 41.0 Å². The summed E-state index contributed by atoms with van der Waals surface area (Å²) >= 11 is 0. The van der Waals surface area contributed by atoms with Gasteiger partial charge in [0.1, 0.15) is 5.60 Å². The first kappa shape index (κ1) is 19.8. The van der Waals surface area contributed by atoms with Crippen LogP contribution in [0.25, 0.3) is 5.69 Å².